The number of carbonyl (C=O) groups excluding carboxylic acids is 1. The molecular formula is C17H18N2O3S. The number of carboxylic acids is 1. The Morgan fingerprint density at radius 2 is 2.09 bits per heavy atom. The third-order valence-electron chi connectivity index (χ3n) is 4.35. The maximum Gasteiger partial charge on any atom is 0.308 e. The normalized spacial score (nSPS) is 20.7. The molecule has 2 aromatic heterocycles. The second kappa shape index (κ2) is 6.12. The number of amides is 1. The molecule has 0 aromatic carbocycles. The Hall–Kier alpha value is -2.21. The summed E-state index contributed by atoms with van der Waals surface area (Å²) in [6, 6.07) is 5.63. The predicted octanol–water partition coefficient (Wildman–Crippen LogP) is 2.91. The third kappa shape index (κ3) is 2.99. The van der Waals surface area contributed by atoms with E-state index in [0.29, 0.717) is 17.8 Å². The van der Waals surface area contributed by atoms with E-state index in [-0.39, 0.29) is 18.4 Å². The molecule has 0 bridgehead atoms. The van der Waals surface area contributed by atoms with Gasteiger partial charge >= 0.3 is 5.97 Å². The summed E-state index contributed by atoms with van der Waals surface area (Å²) >= 11 is 1.60. The summed E-state index contributed by atoms with van der Waals surface area (Å²) in [4.78, 5) is 30.0. The van der Waals surface area contributed by atoms with E-state index in [2.05, 4.69) is 4.98 Å². The Kier molecular flexibility index (Phi) is 4.17. The lowest BCUT2D eigenvalue weighted by atomic mass is 9.99. The molecule has 0 aliphatic carbocycles. The largest absolute Gasteiger partial charge is 0.481 e. The molecule has 1 saturated heterocycles. The van der Waals surface area contributed by atoms with Crippen LogP contribution in [0.25, 0.3) is 11.3 Å². The van der Waals surface area contributed by atoms with Gasteiger partial charge in [-0.25, -0.2) is 0 Å². The van der Waals surface area contributed by atoms with Crippen LogP contribution in [0.2, 0.25) is 0 Å². The number of nitrogens with zero attached hydrogens (tertiary/aromatic N) is 2. The number of likely N-dealkylation sites (tertiary alicyclic amines) is 1. The van der Waals surface area contributed by atoms with E-state index in [0.717, 1.165) is 11.3 Å². The molecule has 1 N–H and O–H groups in total. The van der Waals surface area contributed by atoms with Gasteiger partial charge in [-0.3, -0.25) is 14.6 Å². The highest BCUT2D eigenvalue weighted by Crippen LogP contribution is 2.26. The van der Waals surface area contributed by atoms with Crippen LogP contribution in [-0.4, -0.2) is 40.0 Å². The van der Waals surface area contributed by atoms with Gasteiger partial charge in [-0.1, -0.05) is 6.92 Å². The lowest BCUT2D eigenvalue weighted by molar-refractivity contribution is -0.142. The SMILES string of the molecule is Cc1nc(-c2ccsc2)ccc1C(=O)N1C[C@@H](C)[C@H](C(=O)O)C1. The molecule has 0 saturated carbocycles. The molecule has 120 valence electrons. The second-order valence-corrected chi connectivity index (χ2v) is 6.75. The number of carboxylic acid groups (broad SMARTS) is 1. The lowest BCUT2D eigenvalue weighted by Crippen LogP contribution is -2.30. The molecule has 0 spiro atoms. The van der Waals surface area contributed by atoms with E-state index in [9.17, 15) is 14.7 Å². The monoisotopic (exact) mass is 330 g/mol. The van der Waals surface area contributed by atoms with E-state index in [4.69, 9.17) is 0 Å². The number of hydrogen-bond donors (Lipinski definition) is 1. The Morgan fingerprint density at radius 1 is 1.30 bits per heavy atom. The summed E-state index contributed by atoms with van der Waals surface area (Å²) in [7, 11) is 0. The molecule has 2 atom stereocenters. The standard InChI is InChI=1S/C17H18N2O3S/c1-10-7-19(8-14(10)17(21)22)16(20)13-3-4-15(18-11(13)2)12-5-6-23-9-12/h3-6,9-10,14H,7-8H2,1-2H3,(H,21,22)/t10-,14-/m1/s1. The minimum Gasteiger partial charge on any atom is -0.481 e. The van der Waals surface area contributed by atoms with Crippen LogP contribution in [-0.2, 0) is 4.79 Å². The van der Waals surface area contributed by atoms with Crippen LogP contribution in [0.5, 0.6) is 0 Å². The molecule has 1 aliphatic heterocycles. The zero-order chi connectivity index (χ0) is 16.6. The van der Waals surface area contributed by atoms with E-state index in [1.807, 2.05) is 36.7 Å². The molecule has 2 aromatic rings. The summed E-state index contributed by atoms with van der Waals surface area (Å²) < 4.78 is 0. The molecule has 1 amide bonds. The van der Waals surface area contributed by atoms with Gasteiger partial charge in [0.15, 0.2) is 0 Å². The fraction of sp³-hybridized carbons (Fsp3) is 0.353. The predicted molar refractivity (Wildman–Crippen MR) is 88.5 cm³/mol. The maximum absolute atomic E-state index is 12.7. The van der Waals surface area contributed by atoms with Gasteiger partial charge in [-0.15, -0.1) is 0 Å². The van der Waals surface area contributed by atoms with Crippen LogP contribution < -0.4 is 0 Å². The molecule has 0 radical (unpaired) electrons. The summed E-state index contributed by atoms with van der Waals surface area (Å²) in [6.07, 6.45) is 0. The topological polar surface area (TPSA) is 70.5 Å². The highest BCUT2D eigenvalue weighted by atomic mass is 32.1. The van der Waals surface area contributed by atoms with Crippen molar-refractivity contribution in [2.24, 2.45) is 11.8 Å². The smallest absolute Gasteiger partial charge is 0.308 e. The minimum absolute atomic E-state index is 0.0326. The number of aryl methyl sites for hydroxylation is 1. The highest BCUT2D eigenvalue weighted by molar-refractivity contribution is 7.08. The molecule has 3 rings (SSSR count). The van der Waals surface area contributed by atoms with Gasteiger partial charge in [0.2, 0.25) is 0 Å². The van der Waals surface area contributed by atoms with E-state index in [1.165, 1.54) is 0 Å². The summed E-state index contributed by atoms with van der Waals surface area (Å²) in [5.74, 6) is -1.50. The number of thiophene rings is 1. The van der Waals surface area contributed by atoms with Crippen LogP contribution in [0.4, 0.5) is 0 Å². The molecule has 23 heavy (non-hydrogen) atoms. The van der Waals surface area contributed by atoms with Crippen LogP contribution in [0.15, 0.2) is 29.0 Å². The van der Waals surface area contributed by atoms with Crippen molar-refractivity contribution in [1.82, 2.24) is 9.88 Å². The number of carbonyl (C=O) groups is 2. The number of rotatable bonds is 3. The fourth-order valence-electron chi connectivity index (χ4n) is 2.98. The molecule has 6 heteroatoms. The zero-order valence-corrected chi connectivity index (χ0v) is 13.8. The highest BCUT2D eigenvalue weighted by Gasteiger charge is 2.37. The molecule has 5 nitrogen and oxygen atoms in total. The summed E-state index contributed by atoms with van der Waals surface area (Å²) in [5.41, 5.74) is 3.10. The Bertz CT molecular complexity index is 742. The molecule has 1 aliphatic rings. The first-order chi connectivity index (χ1) is 11.0. The Balaban J connectivity index is 1.82. The van der Waals surface area contributed by atoms with E-state index in [1.54, 1.807) is 22.3 Å². The average molecular weight is 330 g/mol. The van der Waals surface area contributed by atoms with Crippen LogP contribution in [0.1, 0.15) is 23.0 Å². The van der Waals surface area contributed by atoms with Crippen molar-refractivity contribution in [1.29, 1.82) is 0 Å². The molecule has 3 heterocycles. The van der Waals surface area contributed by atoms with Crippen molar-refractivity contribution in [3.63, 3.8) is 0 Å². The van der Waals surface area contributed by atoms with Crippen LogP contribution in [0, 0.1) is 18.8 Å². The van der Waals surface area contributed by atoms with Crippen LogP contribution >= 0.6 is 11.3 Å². The quantitative estimate of drug-likeness (QED) is 0.939. The van der Waals surface area contributed by atoms with Crippen molar-refractivity contribution < 1.29 is 14.7 Å². The van der Waals surface area contributed by atoms with Crippen molar-refractivity contribution in [2.45, 2.75) is 13.8 Å². The average Bonchev–Trinajstić information content (AvgIpc) is 3.15. The first kappa shape index (κ1) is 15.7. The molecular weight excluding hydrogens is 312 g/mol. The Labute approximate surface area is 138 Å². The number of hydrogen-bond acceptors (Lipinski definition) is 4. The maximum atomic E-state index is 12.7. The third-order valence-corrected chi connectivity index (χ3v) is 5.03. The zero-order valence-electron chi connectivity index (χ0n) is 13.0. The number of pyridine rings is 1. The molecule has 1 fully saturated rings. The van der Waals surface area contributed by atoms with Gasteiger partial charge in [0.1, 0.15) is 0 Å². The Morgan fingerprint density at radius 3 is 2.65 bits per heavy atom. The lowest BCUT2D eigenvalue weighted by Gasteiger charge is -2.17. The summed E-state index contributed by atoms with van der Waals surface area (Å²) in [6.45, 7) is 4.43. The van der Waals surface area contributed by atoms with Crippen molar-refractivity contribution in [3.05, 3.63) is 40.2 Å². The van der Waals surface area contributed by atoms with Crippen molar-refractivity contribution in [3.8, 4) is 11.3 Å². The first-order valence-corrected chi connectivity index (χ1v) is 8.44. The van der Waals surface area contributed by atoms with Gasteiger partial charge in [-0.2, -0.15) is 11.3 Å². The van der Waals surface area contributed by atoms with Gasteiger partial charge in [-0.05, 0) is 36.4 Å². The number of aliphatic carboxylic acids is 1. The first-order valence-electron chi connectivity index (χ1n) is 7.49. The van der Waals surface area contributed by atoms with Gasteiger partial charge in [0, 0.05) is 24.0 Å². The van der Waals surface area contributed by atoms with Gasteiger partial charge in [0.05, 0.1) is 22.9 Å². The number of aromatic nitrogens is 1. The molecule has 0 unspecified atom stereocenters. The van der Waals surface area contributed by atoms with Crippen LogP contribution in [0.3, 0.4) is 0 Å². The van der Waals surface area contributed by atoms with Crippen molar-refractivity contribution >= 4 is 23.2 Å². The van der Waals surface area contributed by atoms with E-state index < -0.39 is 11.9 Å². The van der Waals surface area contributed by atoms with Gasteiger partial charge < -0.3 is 10.0 Å². The second-order valence-electron chi connectivity index (χ2n) is 5.97. The van der Waals surface area contributed by atoms with Crippen molar-refractivity contribution in [2.75, 3.05) is 13.1 Å². The fourth-order valence-corrected chi connectivity index (χ4v) is 3.63. The van der Waals surface area contributed by atoms with Gasteiger partial charge in [0.25, 0.3) is 5.91 Å². The summed E-state index contributed by atoms with van der Waals surface area (Å²) in [5, 5.41) is 13.2. The minimum atomic E-state index is -0.838. The van der Waals surface area contributed by atoms with E-state index >= 15 is 0 Å².